The lowest BCUT2D eigenvalue weighted by Crippen LogP contribution is -2.15. The van der Waals surface area contributed by atoms with Gasteiger partial charge in [0.25, 0.3) is 0 Å². The van der Waals surface area contributed by atoms with Gasteiger partial charge in [0.05, 0.1) is 33.2 Å². The van der Waals surface area contributed by atoms with Gasteiger partial charge in [0.1, 0.15) is 11.3 Å². The first kappa shape index (κ1) is 15.1. The van der Waals surface area contributed by atoms with E-state index in [1.165, 1.54) is 4.68 Å². The van der Waals surface area contributed by atoms with Crippen molar-refractivity contribution in [3.63, 3.8) is 0 Å². The Bertz CT molecular complexity index is 606. The molecule has 0 bridgehead atoms. The van der Waals surface area contributed by atoms with E-state index in [-0.39, 0.29) is 0 Å². The molecule has 0 unspecified atom stereocenters. The summed E-state index contributed by atoms with van der Waals surface area (Å²) in [6.07, 6.45) is 1.65. The maximum Gasteiger partial charge on any atom is 0.203 e. The van der Waals surface area contributed by atoms with Crippen molar-refractivity contribution in [3.05, 3.63) is 24.0 Å². The Hall–Kier alpha value is -2.28. The molecule has 0 spiro atoms. The van der Waals surface area contributed by atoms with Crippen molar-refractivity contribution in [1.29, 1.82) is 0 Å². The van der Waals surface area contributed by atoms with E-state index >= 15 is 0 Å². The first-order chi connectivity index (χ1) is 9.90. The second-order valence-electron chi connectivity index (χ2n) is 4.99. The maximum absolute atomic E-state index is 9.95. The number of aliphatic hydroxyl groups is 1. The Labute approximate surface area is 123 Å². The van der Waals surface area contributed by atoms with Gasteiger partial charge in [-0.3, -0.25) is 0 Å². The smallest absolute Gasteiger partial charge is 0.203 e. The van der Waals surface area contributed by atoms with Crippen LogP contribution < -0.4 is 14.2 Å². The van der Waals surface area contributed by atoms with Gasteiger partial charge in [-0.15, -0.1) is 5.10 Å². The van der Waals surface area contributed by atoms with Gasteiger partial charge in [0.15, 0.2) is 11.5 Å². The molecule has 0 aliphatic carbocycles. The SMILES string of the molecule is COc1cc(-n2cc(C(C)(C)O)nn2)cc(OC)c1OC. The number of benzene rings is 1. The van der Waals surface area contributed by atoms with E-state index in [1.54, 1.807) is 53.5 Å². The van der Waals surface area contributed by atoms with Crippen LogP contribution in [0, 0.1) is 0 Å². The second-order valence-corrected chi connectivity index (χ2v) is 4.99. The highest BCUT2D eigenvalue weighted by molar-refractivity contribution is 5.58. The summed E-state index contributed by atoms with van der Waals surface area (Å²) in [5, 5.41) is 17.9. The fourth-order valence-corrected chi connectivity index (χ4v) is 1.87. The van der Waals surface area contributed by atoms with Crippen LogP contribution in [0.3, 0.4) is 0 Å². The molecule has 0 fully saturated rings. The molecule has 0 aliphatic rings. The summed E-state index contributed by atoms with van der Waals surface area (Å²) in [6.45, 7) is 3.30. The van der Waals surface area contributed by atoms with Gasteiger partial charge in [0, 0.05) is 12.1 Å². The predicted octanol–water partition coefficient (Wildman–Crippen LogP) is 1.52. The Kier molecular flexibility index (Phi) is 4.04. The van der Waals surface area contributed by atoms with Crippen molar-refractivity contribution in [2.24, 2.45) is 0 Å². The molecule has 1 N–H and O–H groups in total. The molecule has 1 aromatic heterocycles. The lowest BCUT2D eigenvalue weighted by Gasteiger charge is -2.14. The van der Waals surface area contributed by atoms with Crippen LogP contribution in [0.25, 0.3) is 5.69 Å². The van der Waals surface area contributed by atoms with Gasteiger partial charge in [-0.2, -0.15) is 0 Å². The van der Waals surface area contributed by atoms with Crippen molar-refractivity contribution >= 4 is 0 Å². The fraction of sp³-hybridized carbons (Fsp3) is 0.429. The van der Waals surface area contributed by atoms with Crippen LogP contribution in [0.15, 0.2) is 18.3 Å². The lowest BCUT2D eigenvalue weighted by atomic mass is 10.1. The summed E-state index contributed by atoms with van der Waals surface area (Å²) < 4.78 is 17.4. The third-order valence-electron chi connectivity index (χ3n) is 3.03. The molecule has 21 heavy (non-hydrogen) atoms. The van der Waals surface area contributed by atoms with E-state index in [0.29, 0.717) is 28.6 Å². The number of ether oxygens (including phenoxy) is 3. The van der Waals surface area contributed by atoms with Crippen molar-refractivity contribution in [2.75, 3.05) is 21.3 Å². The number of nitrogens with zero attached hydrogens (tertiary/aromatic N) is 3. The monoisotopic (exact) mass is 293 g/mol. The number of methoxy groups -OCH3 is 3. The molecule has 0 saturated heterocycles. The van der Waals surface area contributed by atoms with Crippen LogP contribution in [0.4, 0.5) is 0 Å². The highest BCUT2D eigenvalue weighted by Crippen LogP contribution is 2.39. The topological polar surface area (TPSA) is 78.6 Å². The van der Waals surface area contributed by atoms with E-state index < -0.39 is 5.60 Å². The summed E-state index contributed by atoms with van der Waals surface area (Å²) in [5.74, 6) is 1.55. The zero-order valence-electron chi connectivity index (χ0n) is 12.7. The number of hydrogen-bond acceptors (Lipinski definition) is 6. The molecule has 7 nitrogen and oxygen atoms in total. The molecule has 0 aliphatic heterocycles. The van der Waals surface area contributed by atoms with Crippen molar-refractivity contribution in [1.82, 2.24) is 15.0 Å². The molecule has 0 atom stereocenters. The van der Waals surface area contributed by atoms with Gasteiger partial charge in [0.2, 0.25) is 5.75 Å². The third kappa shape index (κ3) is 2.92. The van der Waals surface area contributed by atoms with E-state index in [1.807, 2.05) is 0 Å². The minimum absolute atomic E-state index is 0.469. The molecule has 2 rings (SSSR count). The van der Waals surface area contributed by atoms with E-state index in [4.69, 9.17) is 14.2 Å². The fourth-order valence-electron chi connectivity index (χ4n) is 1.87. The molecule has 0 radical (unpaired) electrons. The van der Waals surface area contributed by atoms with Gasteiger partial charge < -0.3 is 19.3 Å². The van der Waals surface area contributed by atoms with Crippen LogP contribution in [0.1, 0.15) is 19.5 Å². The van der Waals surface area contributed by atoms with Crippen LogP contribution in [-0.2, 0) is 5.60 Å². The van der Waals surface area contributed by atoms with Gasteiger partial charge >= 0.3 is 0 Å². The Morgan fingerprint density at radius 1 is 1.05 bits per heavy atom. The van der Waals surface area contributed by atoms with Crippen molar-refractivity contribution in [2.45, 2.75) is 19.4 Å². The Morgan fingerprint density at radius 2 is 1.62 bits per heavy atom. The molecule has 1 heterocycles. The first-order valence-corrected chi connectivity index (χ1v) is 6.36. The molecule has 0 amide bonds. The zero-order valence-corrected chi connectivity index (χ0v) is 12.7. The normalized spacial score (nSPS) is 11.3. The summed E-state index contributed by atoms with van der Waals surface area (Å²) in [7, 11) is 4.64. The van der Waals surface area contributed by atoms with Gasteiger partial charge in [-0.05, 0) is 13.8 Å². The van der Waals surface area contributed by atoms with Crippen LogP contribution in [-0.4, -0.2) is 41.4 Å². The minimum atomic E-state index is -1.06. The zero-order chi connectivity index (χ0) is 15.6. The standard InChI is InChI=1S/C14H19N3O4/c1-14(2,18)12-8-17(16-15-12)9-6-10(19-3)13(21-5)11(7-9)20-4/h6-8,18H,1-5H3. The average molecular weight is 293 g/mol. The second kappa shape index (κ2) is 5.61. The largest absolute Gasteiger partial charge is 0.493 e. The molecule has 114 valence electrons. The summed E-state index contributed by atoms with van der Waals surface area (Å²) >= 11 is 0. The lowest BCUT2D eigenvalue weighted by molar-refractivity contribution is 0.0737. The molecule has 0 saturated carbocycles. The summed E-state index contributed by atoms with van der Waals surface area (Å²) in [6, 6.07) is 3.51. The number of hydrogen-bond donors (Lipinski definition) is 1. The third-order valence-corrected chi connectivity index (χ3v) is 3.03. The highest BCUT2D eigenvalue weighted by atomic mass is 16.5. The molecular formula is C14H19N3O4. The molecule has 1 aromatic carbocycles. The molecule has 2 aromatic rings. The molecule has 7 heteroatoms. The van der Waals surface area contributed by atoms with Crippen LogP contribution >= 0.6 is 0 Å². The van der Waals surface area contributed by atoms with E-state index in [9.17, 15) is 5.11 Å². The van der Waals surface area contributed by atoms with Crippen LogP contribution in [0.2, 0.25) is 0 Å². The quantitative estimate of drug-likeness (QED) is 0.900. The van der Waals surface area contributed by atoms with Crippen molar-refractivity contribution < 1.29 is 19.3 Å². The van der Waals surface area contributed by atoms with E-state index in [2.05, 4.69) is 10.3 Å². The number of aromatic nitrogens is 3. The minimum Gasteiger partial charge on any atom is -0.493 e. The summed E-state index contributed by atoms with van der Waals surface area (Å²) in [5.41, 5.74) is 0.0996. The Morgan fingerprint density at radius 3 is 2.00 bits per heavy atom. The van der Waals surface area contributed by atoms with Crippen LogP contribution in [0.5, 0.6) is 17.2 Å². The highest BCUT2D eigenvalue weighted by Gasteiger charge is 2.21. The van der Waals surface area contributed by atoms with Gasteiger partial charge in [-0.1, -0.05) is 5.21 Å². The predicted molar refractivity (Wildman–Crippen MR) is 76.3 cm³/mol. The Balaban J connectivity index is 2.51. The summed E-state index contributed by atoms with van der Waals surface area (Å²) in [4.78, 5) is 0. The van der Waals surface area contributed by atoms with Crippen molar-refractivity contribution in [3.8, 4) is 22.9 Å². The molecular weight excluding hydrogens is 274 g/mol. The first-order valence-electron chi connectivity index (χ1n) is 6.36. The number of rotatable bonds is 5. The van der Waals surface area contributed by atoms with E-state index in [0.717, 1.165) is 0 Å². The van der Waals surface area contributed by atoms with Gasteiger partial charge in [-0.25, -0.2) is 4.68 Å². The average Bonchev–Trinajstić information content (AvgIpc) is 2.95. The maximum atomic E-state index is 9.95.